The highest BCUT2D eigenvalue weighted by Crippen LogP contribution is 2.22. The molecule has 0 saturated carbocycles. The fourth-order valence-electron chi connectivity index (χ4n) is 2.07. The molecule has 2 aromatic rings. The van der Waals surface area contributed by atoms with Gasteiger partial charge in [0.2, 0.25) is 0 Å². The predicted molar refractivity (Wildman–Crippen MR) is 103 cm³/mol. The Morgan fingerprint density at radius 1 is 0.846 bits per heavy atom. The van der Waals surface area contributed by atoms with Crippen molar-refractivity contribution in [2.75, 3.05) is 0 Å². The van der Waals surface area contributed by atoms with Crippen molar-refractivity contribution in [3.8, 4) is 0 Å². The molecule has 9 heteroatoms. The number of carbonyl (C=O) groups is 2. The van der Waals surface area contributed by atoms with Crippen LogP contribution < -0.4 is 11.5 Å². The summed E-state index contributed by atoms with van der Waals surface area (Å²) >= 11 is 9.01. The molecule has 7 nitrogen and oxygen atoms in total. The maximum Gasteiger partial charge on any atom is 0.295 e. The molecule has 0 saturated heterocycles. The zero-order valence-corrected chi connectivity index (χ0v) is 15.1. The van der Waals surface area contributed by atoms with Gasteiger partial charge in [0.05, 0.1) is 11.1 Å². The van der Waals surface area contributed by atoms with Crippen molar-refractivity contribution in [1.29, 1.82) is 0 Å². The number of carbonyl (C=O) groups excluding carboxylic acids is 2. The quantitative estimate of drug-likeness (QED) is 0.605. The summed E-state index contributed by atoms with van der Waals surface area (Å²) < 4.78 is 4.94. The van der Waals surface area contributed by atoms with Crippen molar-refractivity contribution >= 4 is 46.6 Å². The first-order valence-corrected chi connectivity index (χ1v) is 8.13. The Labute approximate surface area is 160 Å². The van der Waals surface area contributed by atoms with Gasteiger partial charge in [0.25, 0.3) is 22.2 Å². The van der Waals surface area contributed by atoms with Gasteiger partial charge in [0.1, 0.15) is 6.61 Å². The molecule has 0 bridgehead atoms. The SMILES string of the molecule is NC(=S)OCc1ccccc1.NC(=S)ON1C(=O)c2ccccc2C1=O. The highest BCUT2D eigenvalue weighted by Gasteiger charge is 2.37. The van der Waals surface area contributed by atoms with Crippen LogP contribution in [0.25, 0.3) is 0 Å². The first-order valence-electron chi connectivity index (χ1n) is 7.31. The van der Waals surface area contributed by atoms with E-state index in [0.717, 1.165) is 5.56 Å². The lowest BCUT2D eigenvalue weighted by Crippen LogP contribution is -2.34. The van der Waals surface area contributed by atoms with Crippen molar-refractivity contribution < 1.29 is 19.2 Å². The average Bonchev–Trinajstić information content (AvgIpc) is 2.86. The first kappa shape index (κ1) is 19.3. The lowest BCUT2D eigenvalue weighted by atomic mass is 10.1. The Bertz CT molecular complexity index is 808. The summed E-state index contributed by atoms with van der Waals surface area (Å²) in [6.07, 6.45) is 0. The van der Waals surface area contributed by atoms with E-state index < -0.39 is 11.8 Å². The standard InChI is InChI=1S/C9H6N2O3S.C8H9NOS/c10-9(15)14-11-7(12)5-3-1-2-4-6(5)8(11)13;9-8(11)10-6-7-4-2-1-3-5-7/h1-4H,(H2,10,15);1-5H,6H2,(H2,9,11). The van der Waals surface area contributed by atoms with Crippen LogP contribution in [0.2, 0.25) is 0 Å². The Hall–Kier alpha value is -3.04. The smallest absolute Gasteiger partial charge is 0.295 e. The summed E-state index contributed by atoms with van der Waals surface area (Å²) in [6, 6.07) is 16.1. The number of fused-ring (bicyclic) bond motifs is 1. The zero-order valence-electron chi connectivity index (χ0n) is 13.5. The van der Waals surface area contributed by atoms with Crippen molar-refractivity contribution in [1.82, 2.24) is 5.06 Å². The van der Waals surface area contributed by atoms with Crippen molar-refractivity contribution in [3.05, 3.63) is 71.3 Å². The molecule has 1 heterocycles. The molecule has 1 aliphatic heterocycles. The van der Waals surface area contributed by atoms with Gasteiger partial charge in [-0.05, 0) is 42.1 Å². The number of ether oxygens (including phenoxy) is 1. The highest BCUT2D eigenvalue weighted by atomic mass is 32.1. The van der Waals surface area contributed by atoms with Crippen LogP contribution in [0, 0.1) is 0 Å². The Morgan fingerprint density at radius 2 is 1.35 bits per heavy atom. The van der Waals surface area contributed by atoms with Crippen LogP contribution in [0.5, 0.6) is 0 Å². The largest absolute Gasteiger partial charge is 0.466 e. The van der Waals surface area contributed by atoms with E-state index in [4.69, 9.17) is 16.2 Å². The second-order valence-corrected chi connectivity index (χ2v) is 5.76. The lowest BCUT2D eigenvalue weighted by molar-refractivity contribution is -0.0211. The van der Waals surface area contributed by atoms with Crippen molar-refractivity contribution in [3.63, 3.8) is 0 Å². The predicted octanol–water partition coefficient (Wildman–Crippen LogP) is 1.90. The number of hydroxylamine groups is 2. The van der Waals surface area contributed by atoms with E-state index in [1.165, 1.54) is 0 Å². The number of benzene rings is 2. The molecular formula is C17H15N3O4S2. The van der Waals surface area contributed by atoms with Crippen LogP contribution >= 0.6 is 24.4 Å². The molecule has 0 spiro atoms. The van der Waals surface area contributed by atoms with Crippen LogP contribution in [0.3, 0.4) is 0 Å². The van der Waals surface area contributed by atoms with Crippen molar-refractivity contribution in [2.45, 2.75) is 6.61 Å². The van der Waals surface area contributed by atoms with Gasteiger partial charge in [-0.1, -0.05) is 47.5 Å². The summed E-state index contributed by atoms with van der Waals surface area (Å²) in [5.41, 5.74) is 11.9. The monoisotopic (exact) mass is 389 g/mol. The van der Waals surface area contributed by atoms with E-state index in [-0.39, 0.29) is 10.3 Å². The molecule has 0 atom stereocenters. The van der Waals surface area contributed by atoms with Gasteiger partial charge in [0.15, 0.2) is 0 Å². The molecule has 0 unspecified atom stereocenters. The van der Waals surface area contributed by atoms with E-state index in [1.54, 1.807) is 24.3 Å². The summed E-state index contributed by atoms with van der Waals surface area (Å²) in [7, 11) is 0. The molecule has 0 fully saturated rings. The minimum atomic E-state index is -0.552. The van der Waals surface area contributed by atoms with Crippen molar-refractivity contribution in [2.24, 2.45) is 11.5 Å². The van der Waals surface area contributed by atoms with E-state index in [2.05, 4.69) is 29.3 Å². The maximum absolute atomic E-state index is 11.6. The van der Waals surface area contributed by atoms with Crippen LogP contribution in [0.1, 0.15) is 26.3 Å². The third kappa shape index (κ3) is 4.98. The number of imide groups is 1. The molecular weight excluding hydrogens is 374 g/mol. The number of thiocarbonyl (C=S) groups is 2. The normalized spacial score (nSPS) is 11.9. The molecule has 0 radical (unpaired) electrons. The van der Waals surface area contributed by atoms with E-state index in [0.29, 0.717) is 22.8 Å². The summed E-state index contributed by atoms with van der Waals surface area (Å²) in [6.45, 7) is 0.455. The third-order valence-electron chi connectivity index (χ3n) is 3.16. The van der Waals surface area contributed by atoms with Gasteiger partial charge in [0, 0.05) is 0 Å². The van der Waals surface area contributed by atoms with Gasteiger partial charge in [-0.15, -0.1) is 0 Å². The molecule has 1 aliphatic rings. The fraction of sp³-hybridized carbons (Fsp3) is 0.0588. The Morgan fingerprint density at radius 3 is 1.81 bits per heavy atom. The summed E-state index contributed by atoms with van der Waals surface area (Å²) in [5, 5.41) is 0.283. The molecule has 0 aromatic heterocycles. The van der Waals surface area contributed by atoms with Crippen LogP contribution in [-0.4, -0.2) is 27.2 Å². The number of nitrogens with two attached hydrogens (primary N) is 2. The molecule has 26 heavy (non-hydrogen) atoms. The number of rotatable bonds is 3. The van der Waals surface area contributed by atoms with Gasteiger partial charge in [-0.2, -0.15) is 0 Å². The molecule has 134 valence electrons. The zero-order chi connectivity index (χ0) is 19.1. The summed E-state index contributed by atoms with van der Waals surface area (Å²) in [5.74, 6) is -1.10. The maximum atomic E-state index is 11.6. The number of hydrogen-bond acceptors (Lipinski definition) is 6. The van der Waals surface area contributed by atoms with E-state index in [1.807, 2.05) is 30.3 Å². The minimum Gasteiger partial charge on any atom is -0.466 e. The number of hydrogen-bond donors (Lipinski definition) is 2. The van der Waals surface area contributed by atoms with Gasteiger partial charge >= 0.3 is 0 Å². The third-order valence-corrected chi connectivity index (χ3v) is 3.35. The molecule has 4 N–H and O–H groups in total. The van der Waals surface area contributed by atoms with E-state index in [9.17, 15) is 9.59 Å². The minimum absolute atomic E-state index is 0.0915. The highest BCUT2D eigenvalue weighted by molar-refractivity contribution is 7.80. The van der Waals surface area contributed by atoms with E-state index >= 15 is 0 Å². The van der Waals surface area contributed by atoms with Gasteiger partial charge in [-0.3, -0.25) is 9.59 Å². The summed E-state index contributed by atoms with van der Waals surface area (Å²) in [4.78, 5) is 27.9. The topological polar surface area (TPSA) is 108 Å². The second-order valence-electron chi connectivity index (χ2n) is 4.95. The van der Waals surface area contributed by atoms with Gasteiger partial charge < -0.3 is 21.0 Å². The van der Waals surface area contributed by atoms with Crippen LogP contribution in [0.15, 0.2) is 54.6 Å². The van der Waals surface area contributed by atoms with Crippen LogP contribution in [0.4, 0.5) is 0 Å². The number of nitrogens with zero attached hydrogens (tertiary/aromatic N) is 1. The van der Waals surface area contributed by atoms with Crippen LogP contribution in [-0.2, 0) is 16.2 Å². The second kappa shape index (κ2) is 8.88. The Kier molecular flexibility index (Phi) is 6.59. The molecule has 3 rings (SSSR count). The molecule has 2 aromatic carbocycles. The average molecular weight is 389 g/mol. The first-order chi connectivity index (χ1) is 12.4. The fourth-order valence-corrected chi connectivity index (χ4v) is 2.20. The van der Waals surface area contributed by atoms with Gasteiger partial charge in [-0.25, -0.2) is 0 Å². The lowest BCUT2D eigenvalue weighted by Gasteiger charge is -2.11. The Balaban J connectivity index is 0.000000197. The number of amides is 2. The molecule has 0 aliphatic carbocycles. The molecule has 2 amide bonds.